The van der Waals surface area contributed by atoms with Gasteiger partial charge in [-0.2, -0.15) is 0 Å². The molecule has 0 unspecified atom stereocenters. The molecule has 0 fully saturated rings. The van der Waals surface area contributed by atoms with E-state index in [0.717, 1.165) is 50.1 Å². The van der Waals surface area contributed by atoms with Crippen LogP contribution in [0.2, 0.25) is 0 Å². The molecule has 2 heterocycles. The summed E-state index contributed by atoms with van der Waals surface area (Å²) < 4.78 is 9.54. The Bertz CT molecular complexity index is 3170. The number of para-hydroxylation sites is 2. The summed E-state index contributed by atoms with van der Waals surface area (Å²) in [5.41, 5.74) is 9.54. The topological polar surface area (TPSA) is 16.4 Å². The molecule has 0 atom stereocenters. The first kappa shape index (κ1) is 30.0. The second-order valence-corrected chi connectivity index (χ2v) is 14.8. The average molecular weight is 694 g/mol. The van der Waals surface area contributed by atoms with Gasteiger partial charge in [0.2, 0.25) is 0 Å². The van der Waals surface area contributed by atoms with Crippen molar-refractivity contribution in [1.29, 1.82) is 0 Å². The summed E-state index contributed by atoms with van der Waals surface area (Å²) >= 11 is 1.84. The summed E-state index contributed by atoms with van der Waals surface area (Å²) in [4.78, 5) is 2.36. The summed E-state index contributed by atoms with van der Waals surface area (Å²) in [5, 5.41) is 9.83. The van der Waals surface area contributed by atoms with Crippen molar-refractivity contribution in [3.8, 4) is 22.3 Å². The summed E-state index contributed by atoms with van der Waals surface area (Å²) in [5.74, 6) is 0. The van der Waals surface area contributed by atoms with E-state index in [-0.39, 0.29) is 0 Å². The fourth-order valence-corrected chi connectivity index (χ4v) is 9.19. The zero-order valence-corrected chi connectivity index (χ0v) is 29.5. The molecule has 0 amide bonds. The lowest BCUT2D eigenvalue weighted by molar-refractivity contribution is 0.670. The quantitative estimate of drug-likeness (QED) is 0.167. The molecular formula is C50H31NOS. The molecule has 0 spiro atoms. The highest BCUT2D eigenvalue weighted by molar-refractivity contribution is 7.25. The Labute approximate surface area is 310 Å². The summed E-state index contributed by atoms with van der Waals surface area (Å²) in [6, 6.07) is 67.9. The van der Waals surface area contributed by atoms with Crippen molar-refractivity contribution in [2.75, 3.05) is 4.90 Å². The summed E-state index contributed by atoms with van der Waals surface area (Å²) in [6.45, 7) is 0. The SMILES string of the molecule is c1ccc(-c2cccc3c2oc2c(N(c4ccc(-c5ccc6c(ccc7ccccc76)c5)cc4)c4ccc5sc6ccccc6c5c4)cccc23)cc1. The highest BCUT2D eigenvalue weighted by atomic mass is 32.1. The molecule has 53 heavy (non-hydrogen) atoms. The molecule has 0 aliphatic carbocycles. The minimum atomic E-state index is 0.868. The minimum Gasteiger partial charge on any atom is -0.453 e. The normalized spacial score (nSPS) is 11.8. The van der Waals surface area contributed by atoms with Crippen molar-refractivity contribution in [2.45, 2.75) is 0 Å². The molecule has 0 aliphatic heterocycles. The third-order valence-electron chi connectivity index (χ3n) is 10.7. The van der Waals surface area contributed by atoms with E-state index in [2.05, 4.69) is 193 Å². The molecule has 0 N–H and O–H groups in total. The summed E-state index contributed by atoms with van der Waals surface area (Å²) in [7, 11) is 0. The van der Waals surface area contributed by atoms with E-state index < -0.39 is 0 Å². The average Bonchev–Trinajstić information content (AvgIpc) is 3.80. The van der Waals surface area contributed by atoms with Gasteiger partial charge in [0.25, 0.3) is 0 Å². The maximum atomic E-state index is 6.96. The third kappa shape index (κ3) is 4.86. The summed E-state index contributed by atoms with van der Waals surface area (Å²) in [6.07, 6.45) is 0. The number of benzene rings is 9. The van der Waals surface area contributed by atoms with E-state index in [1.165, 1.54) is 52.8 Å². The van der Waals surface area contributed by atoms with Crippen LogP contribution in [0.1, 0.15) is 0 Å². The van der Waals surface area contributed by atoms with Crippen LogP contribution < -0.4 is 4.90 Å². The first-order valence-electron chi connectivity index (χ1n) is 18.0. The van der Waals surface area contributed by atoms with Crippen LogP contribution in [0.15, 0.2) is 192 Å². The van der Waals surface area contributed by atoms with Gasteiger partial charge in [-0.3, -0.25) is 0 Å². The monoisotopic (exact) mass is 693 g/mol. The molecule has 0 saturated carbocycles. The van der Waals surface area contributed by atoms with Crippen molar-refractivity contribution in [2.24, 2.45) is 0 Å². The molecule has 0 bridgehead atoms. The van der Waals surface area contributed by atoms with Crippen molar-refractivity contribution in [3.63, 3.8) is 0 Å². The predicted octanol–water partition coefficient (Wildman–Crippen LogP) is 15.1. The first-order valence-corrected chi connectivity index (χ1v) is 18.8. The highest BCUT2D eigenvalue weighted by Crippen LogP contribution is 2.46. The zero-order valence-electron chi connectivity index (χ0n) is 28.7. The number of hydrogen-bond donors (Lipinski definition) is 0. The first-order chi connectivity index (χ1) is 26.3. The Balaban J connectivity index is 1.09. The number of furan rings is 1. The molecule has 11 aromatic rings. The number of anilines is 3. The zero-order chi connectivity index (χ0) is 34.9. The molecule has 0 aliphatic rings. The smallest absolute Gasteiger partial charge is 0.159 e. The van der Waals surface area contributed by atoms with Gasteiger partial charge in [-0.25, -0.2) is 0 Å². The van der Waals surface area contributed by atoms with Gasteiger partial charge in [-0.15, -0.1) is 11.3 Å². The number of fused-ring (bicyclic) bond motifs is 9. The second-order valence-electron chi connectivity index (χ2n) is 13.7. The number of hydrogen-bond acceptors (Lipinski definition) is 3. The lowest BCUT2D eigenvalue weighted by Crippen LogP contribution is -2.10. The van der Waals surface area contributed by atoms with Crippen LogP contribution in [0.5, 0.6) is 0 Å². The highest BCUT2D eigenvalue weighted by Gasteiger charge is 2.21. The Morgan fingerprint density at radius 2 is 1.02 bits per heavy atom. The van der Waals surface area contributed by atoms with E-state index in [9.17, 15) is 0 Å². The van der Waals surface area contributed by atoms with E-state index >= 15 is 0 Å². The Morgan fingerprint density at radius 3 is 1.91 bits per heavy atom. The van der Waals surface area contributed by atoms with Gasteiger partial charge < -0.3 is 9.32 Å². The lowest BCUT2D eigenvalue weighted by Gasteiger charge is -2.26. The van der Waals surface area contributed by atoms with E-state index in [0.29, 0.717) is 0 Å². The van der Waals surface area contributed by atoms with E-state index in [1.54, 1.807) is 0 Å². The van der Waals surface area contributed by atoms with Crippen molar-refractivity contribution in [3.05, 3.63) is 188 Å². The Morgan fingerprint density at radius 1 is 0.358 bits per heavy atom. The largest absolute Gasteiger partial charge is 0.453 e. The second kappa shape index (κ2) is 11.9. The molecule has 3 heteroatoms. The molecule has 0 saturated heterocycles. The predicted molar refractivity (Wildman–Crippen MR) is 227 cm³/mol. The van der Waals surface area contributed by atoms with Gasteiger partial charge in [0.1, 0.15) is 5.58 Å². The van der Waals surface area contributed by atoms with Crippen LogP contribution in [0.4, 0.5) is 17.1 Å². The van der Waals surface area contributed by atoms with Gasteiger partial charge in [0.05, 0.1) is 5.69 Å². The lowest BCUT2D eigenvalue weighted by atomic mass is 9.97. The molecule has 0 radical (unpaired) electrons. The molecule has 2 aromatic heterocycles. The minimum absolute atomic E-state index is 0.868. The van der Waals surface area contributed by atoms with Crippen molar-refractivity contribution < 1.29 is 4.42 Å². The maximum Gasteiger partial charge on any atom is 0.159 e. The van der Waals surface area contributed by atoms with Crippen LogP contribution in [0.25, 0.3) is 85.9 Å². The fourth-order valence-electron chi connectivity index (χ4n) is 8.10. The number of thiophene rings is 1. The standard InChI is InChI=1S/C50H31NOS/c1-2-10-33(11-3-1)41-15-8-16-43-44-17-9-18-46(50(44)52-49(41)43)51(38-27-29-48-45(31-38)42-14-6-7-19-47(42)53-48)37-25-22-32(23-26-37)35-24-28-40-36(30-35)21-20-34-12-4-5-13-39(34)40/h1-31H. The van der Waals surface area contributed by atoms with Gasteiger partial charge in [0, 0.05) is 47.9 Å². The number of nitrogens with zero attached hydrogens (tertiary/aromatic N) is 1. The van der Waals surface area contributed by atoms with Gasteiger partial charge in [0.15, 0.2) is 5.58 Å². The third-order valence-corrected chi connectivity index (χ3v) is 11.8. The van der Waals surface area contributed by atoms with Crippen molar-refractivity contribution in [1.82, 2.24) is 0 Å². The fraction of sp³-hybridized carbons (Fsp3) is 0. The van der Waals surface area contributed by atoms with Crippen LogP contribution in [-0.2, 0) is 0 Å². The molecular weight excluding hydrogens is 663 g/mol. The maximum absolute atomic E-state index is 6.96. The van der Waals surface area contributed by atoms with Crippen molar-refractivity contribution >= 4 is 92.1 Å². The van der Waals surface area contributed by atoms with Gasteiger partial charge in [-0.1, -0.05) is 140 Å². The van der Waals surface area contributed by atoms with Crippen LogP contribution in [-0.4, -0.2) is 0 Å². The molecule has 9 aromatic carbocycles. The van der Waals surface area contributed by atoms with Crippen LogP contribution >= 0.6 is 11.3 Å². The molecule has 2 nitrogen and oxygen atoms in total. The Hall–Kier alpha value is -6.68. The van der Waals surface area contributed by atoms with E-state index in [1.807, 2.05) is 11.3 Å². The van der Waals surface area contributed by atoms with E-state index in [4.69, 9.17) is 4.42 Å². The van der Waals surface area contributed by atoms with Gasteiger partial charge >= 0.3 is 0 Å². The molecule has 248 valence electrons. The van der Waals surface area contributed by atoms with Crippen LogP contribution in [0, 0.1) is 0 Å². The molecule has 11 rings (SSSR count). The van der Waals surface area contributed by atoms with Gasteiger partial charge in [-0.05, 0) is 86.8 Å². The number of rotatable bonds is 5. The Kier molecular flexibility index (Phi) is 6.76. The van der Waals surface area contributed by atoms with Crippen LogP contribution in [0.3, 0.4) is 0 Å².